The van der Waals surface area contributed by atoms with E-state index in [4.69, 9.17) is 0 Å². The van der Waals surface area contributed by atoms with Crippen molar-refractivity contribution in [1.29, 1.82) is 0 Å². The number of nitrogens with one attached hydrogen (secondary N) is 2. The van der Waals surface area contributed by atoms with Gasteiger partial charge in [0.1, 0.15) is 5.82 Å². The SMILES string of the molecule is CCn1c(C)nc2cc(C(=O)NNC(=O)CCCc3cccs3)ccc21. The Kier molecular flexibility index (Phi) is 5.68. The van der Waals surface area contributed by atoms with E-state index < -0.39 is 0 Å². The lowest BCUT2D eigenvalue weighted by atomic mass is 10.2. The van der Waals surface area contributed by atoms with Gasteiger partial charge in [0.05, 0.1) is 11.0 Å². The van der Waals surface area contributed by atoms with Crippen LogP contribution < -0.4 is 10.9 Å². The molecule has 0 aliphatic carbocycles. The molecule has 0 fully saturated rings. The Labute approximate surface area is 156 Å². The molecule has 0 atom stereocenters. The van der Waals surface area contributed by atoms with E-state index in [2.05, 4.69) is 33.4 Å². The summed E-state index contributed by atoms with van der Waals surface area (Å²) < 4.78 is 2.09. The highest BCUT2D eigenvalue weighted by Gasteiger charge is 2.11. The van der Waals surface area contributed by atoms with Gasteiger partial charge in [-0.2, -0.15) is 0 Å². The van der Waals surface area contributed by atoms with Crippen molar-refractivity contribution in [2.24, 2.45) is 0 Å². The molecule has 2 heterocycles. The van der Waals surface area contributed by atoms with Gasteiger partial charge < -0.3 is 4.57 Å². The van der Waals surface area contributed by atoms with Gasteiger partial charge in [-0.05, 0) is 56.3 Å². The minimum absolute atomic E-state index is 0.193. The molecule has 0 saturated heterocycles. The fraction of sp³-hybridized carbons (Fsp3) is 0.316. The molecule has 1 aromatic carbocycles. The predicted octanol–water partition coefficient (Wildman–Crippen LogP) is 3.21. The number of carbonyl (C=O) groups excluding carboxylic acids is 2. The lowest BCUT2D eigenvalue weighted by Gasteiger charge is -2.07. The van der Waals surface area contributed by atoms with Crippen LogP contribution in [0, 0.1) is 6.92 Å². The van der Waals surface area contributed by atoms with Gasteiger partial charge in [0, 0.05) is 23.4 Å². The first-order valence-corrected chi connectivity index (χ1v) is 9.55. The van der Waals surface area contributed by atoms with E-state index in [1.54, 1.807) is 23.5 Å². The van der Waals surface area contributed by atoms with Gasteiger partial charge in [-0.15, -0.1) is 11.3 Å². The topological polar surface area (TPSA) is 76.0 Å². The minimum atomic E-state index is -0.345. The third-order valence-electron chi connectivity index (χ3n) is 4.24. The Bertz CT molecular complexity index is 915. The Hall–Kier alpha value is -2.67. The van der Waals surface area contributed by atoms with Crippen LogP contribution in [0.4, 0.5) is 0 Å². The molecular formula is C19H22N4O2S. The number of thiophene rings is 1. The van der Waals surface area contributed by atoms with Crippen molar-refractivity contribution in [3.8, 4) is 0 Å². The molecule has 3 rings (SSSR count). The van der Waals surface area contributed by atoms with E-state index >= 15 is 0 Å². The van der Waals surface area contributed by atoms with Gasteiger partial charge in [0.15, 0.2) is 0 Å². The van der Waals surface area contributed by atoms with Crippen LogP contribution >= 0.6 is 11.3 Å². The highest BCUT2D eigenvalue weighted by atomic mass is 32.1. The van der Waals surface area contributed by atoms with Crippen LogP contribution in [-0.2, 0) is 17.8 Å². The van der Waals surface area contributed by atoms with Gasteiger partial charge >= 0.3 is 0 Å². The second-order valence-electron chi connectivity index (χ2n) is 6.04. The van der Waals surface area contributed by atoms with Crippen LogP contribution in [0.2, 0.25) is 0 Å². The predicted molar refractivity (Wildman–Crippen MR) is 103 cm³/mol. The summed E-state index contributed by atoms with van der Waals surface area (Å²) in [6, 6.07) is 9.43. The van der Waals surface area contributed by atoms with E-state index in [9.17, 15) is 9.59 Å². The summed E-state index contributed by atoms with van der Waals surface area (Å²) in [5.41, 5.74) is 7.19. The average molecular weight is 370 g/mol. The molecule has 2 amide bonds. The van der Waals surface area contributed by atoms with E-state index in [1.165, 1.54) is 4.88 Å². The molecule has 6 nitrogen and oxygen atoms in total. The largest absolute Gasteiger partial charge is 0.329 e. The Morgan fingerprint density at radius 2 is 2.08 bits per heavy atom. The summed E-state index contributed by atoms with van der Waals surface area (Å²) in [6.45, 7) is 4.83. The van der Waals surface area contributed by atoms with E-state index in [0.717, 1.165) is 36.2 Å². The van der Waals surface area contributed by atoms with Crippen molar-refractivity contribution >= 4 is 34.2 Å². The Balaban J connectivity index is 1.52. The third-order valence-corrected chi connectivity index (χ3v) is 5.18. The molecule has 0 saturated carbocycles. The molecule has 0 radical (unpaired) electrons. The molecular weight excluding hydrogens is 348 g/mol. The highest BCUT2D eigenvalue weighted by Crippen LogP contribution is 2.17. The number of aryl methyl sites for hydroxylation is 3. The van der Waals surface area contributed by atoms with E-state index in [-0.39, 0.29) is 11.8 Å². The fourth-order valence-electron chi connectivity index (χ4n) is 2.93. The summed E-state index contributed by atoms with van der Waals surface area (Å²) in [5.74, 6) is 0.378. The number of amides is 2. The molecule has 7 heteroatoms. The van der Waals surface area contributed by atoms with Crippen molar-refractivity contribution in [2.75, 3.05) is 0 Å². The van der Waals surface area contributed by atoms with Gasteiger partial charge in [0.25, 0.3) is 5.91 Å². The highest BCUT2D eigenvalue weighted by molar-refractivity contribution is 7.09. The molecule has 136 valence electrons. The smallest absolute Gasteiger partial charge is 0.269 e. The van der Waals surface area contributed by atoms with Crippen LogP contribution in [0.3, 0.4) is 0 Å². The van der Waals surface area contributed by atoms with Crippen LogP contribution in [0.5, 0.6) is 0 Å². The van der Waals surface area contributed by atoms with Gasteiger partial charge in [-0.3, -0.25) is 20.4 Å². The number of hydrogen-bond donors (Lipinski definition) is 2. The van der Waals surface area contributed by atoms with Crippen LogP contribution in [-0.4, -0.2) is 21.4 Å². The number of hydrogen-bond acceptors (Lipinski definition) is 4. The zero-order valence-electron chi connectivity index (χ0n) is 14.9. The number of carbonyl (C=O) groups is 2. The summed E-state index contributed by atoms with van der Waals surface area (Å²) >= 11 is 1.69. The third kappa shape index (κ3) is 4.11. The van der Waals surface area contributed by atoms with Crippen LogP contribution in [0.1, 0.15) is 40.8 Å². The second kappa shape index (κ2) is 8.14. The van der Waals surface area contributed by atoms with Crippen molar-refractivity contribution in [2.45, 2.75) is 39.7 Å². The van der Waals surface area contributed by atoms with E-state index in [1.807, 2.05) is 24.4 Å². The summed E-state index contributed by atoms with van der Waals surface area (Å²) in [5, 5.41) is 2.03. The monoisotopic (exact) mass is 370 g/mol. The second-order valence-corrected chi connectivity index (χ2v) is 7.07. The summed E-state index contributed by atoms with van der Waals surface area (Å²) in [6.07, 6.45) is 1.99. The lowest BCUT2D eigenvalue weighted by molar-refractivity contribution is -0.121. The molecule has 3 aromatic rings. The first-order chi connectivity index (χ1) is 12.6. The molecule has 0 unspecified atom stereocenters. The molecule has 2 aromatic heterocycles. The average Bonchev–Trinajstić information content (AvgIpc) is 3.25. The summed E-state index contributed by atoms with van der Waals surface area (Å²) in [4.78, 5) is 29.9. The number of nitrogens with zero attached hydrogens (tertiary/aromatic N) is 2. The van der Waals surface area contributed by atoms with Crippen LogP contribution in [0.15, 0.2) is 35.7 Å². The standard InChI is InChI=1S/C19H22N4O2S/c1-3-23-13(2)20-16-12-14(9-10-17(16)23)19(25)22-21-18(24)8-4-6-15-7-5-11-26-15/h5,7,9-12H,3-4,6,8H2,1-2H3,(H,21,24)(H,22,25). The molecule has 0 aliphatic heterocycles. The quantitative estimate of drug-likeness (QED) is 0.654. The van der Waals surface area contributed by atoms with E-state index in [0.29, 0.717) is 12.0 Å². The number of rotatable bonds is 6. The maximum absolute atomic E-state index is 12.3. The first kappa shape index (κ1) is 18.1. The lowest BCUT2D eigenvalue weighted by Crippen LogP contribution is -2.41. The number of benzene rings is 1. The zero-order chi connectivity index (χ0) is 18.5. The number of imidazole rings is 1. The van der Waals surface area contributed by atoms with Crippen molar-refractivity contribution in [1.82, 2.24) is 20.4 Å². The Morgan fingerprint density at radius 1 is 1.23 bits per heavy atom. The van der Waals surface area contributed by atoms with Gasteiger partial charge in [-0.25, -0.2) is 4.98 Å². The number of fused-ring (bicyclic) bond motifs is 1. The summed E-state index contributed by atoms with van der Waals surface area (Å²) in [7, 11) is 0. The van der Waals surface area contributed by atoms with Crippen LogP contribution in [0.25, 0.3) is 11.0 Å². The molecule has 26 heavy (non-hydrogen) atoms. The molecule has 0 spiro atoms. The van der Waals surface area contributed by atoms with Crippen molar-refractivity contribution in [3.05, 3.63) is 52.0 Å². The maximum Gasteiger partial charge on any atom is 0.269 e. The number of hydrazine groups is 1. The molecule has 2 N–H and O–H groups in total. The fourth-order valence-corrected chi connectivity index (χ4v) is 3.68. The zero-order valence-corrected chi connectivity index (χ0v) is 15.7. The van der Waals surface area contributed by atoms with Gasteiger partial charge in [-0.1, -0.05) is 6.07 Å². The van der Waals surface area contributed by atoms with Crippen molar-refractivity contribution < 1.29 is 9.59 Å². The van der Waals surface area contributed by atoms with Gasteiger partial charge in [0.2, 0.25) is 5.91 Å². The molecule has 0 aliphatic rings. The molecule has 0 bridgehead atoms. The Morgan fingerprint density at radius 3 is 2.81 bits per heavy atom. The van der Waals surface area contributed by atoms with Crippen molar-refractivity contribution in [3.63, 3.8) is 0 Å². The minimum Gasteiger partial charge on any atom is -0.329 e. The maximum atomic E-state index is 12.3. The first-order valence-electron chi connectivity index (χ1n) is 8.67. The number of aromatic nitrogens is 2. The normalized spacial score (nSPS) is 10.8.